The number of hydrogen-bond donors (Lipinski definition) is 0. The molecule has 2 aromatic heterocycles. The van der Waals surface area contributed by atoms with Crippen molar-refractivity contribution >= 4 is 16.9 Å². The zero-order valence-electron chi connectivity index (χ0n) is 20.6. The lowest BCUT2D eigenvalue weighted by Crippen LogP contribution is -2.50. The molecule has 8 heteroatoms. The Morgan fingerprint density at radius 3 is 2.66 bits per heavy atom. The minimum Gasteiger partial charge on any atom is -0.370 e. The highest BCUT2D eigenvalue weighted by Gasteiger charge is 2.30. The molecule has 6 rings (SSSR count). The third-order valence-corrected chi connectivity index (χ3v) is 7.62. The Morgan fingerprint density at radius 1 is 1.00 bits per heavy atom. The van der Waals surface area contributed by atoms with E-state index in [0.29, 0.717) is 5.69 Å². The molecule has 2 fully saturated rings. The molecule has 2 saturated heterocycles. The Morgan fingerprint density at radius 2 is 1.83 bits per heavy atom. The van der Waals surface area contributed by atoms with Crippen molar-refractivity contribution in [3.05, 3.63) is 59.4 Å². The molecule has 182 valence electrons. The van der Waals surface area contributed by atoms with Crippen LogP contribution in [-0.2, 0) is 17.8 Å². The molecule has 0 amide bonds. The molecule has 3 aliphatic heterocycles. The molecule has 0 aliphatic carbocycles. The highest BCUT2D eigenvalue weighted by Crippen LogP contribution is 2.30. The van der Waals surface area contributed by atoms with Gasteiger partial charge in [-0.15, -0.1) is 0 Å². The summed E-state index contributed by atoms with van der Waals surface area (Å²) in [6, 6.07) is 15.2. The molecule has 2 atom stereocenters. The van der Waals surface area contributed by atoms with Crippen molar-refractivity contribution in [3.63, 3.8) is 0 Å². The van der Waals surface area contributed by atoms with Crippen molar-refractivity contribution in [1.29, 1.82) is 5.26 Å². The first-order chi connectivity index (χ1) is 17.1. The number of aromatic nitrogens is 2. The van der Waals surface area contributed by atoms with Crippen LogP contribution in [0.2, 0.25) is 0 Å². The summed E-state index contributed by atoms with van der Waals surface area (Å²) in [6.07, 6.45) is 2.03. The summed E-state index contributed by atoms with van der Waals surface area (Å²) < 4.78 is 8.13. The van der Waals surface area contributed by atoms with Gasteiger partial charge in [0.15, 0.2) is 0 Å². The van der Waals surface area contributed by atoms with Crippen LogP contribution in [0.4, 0.5) is 11.4 Å². The van der Waals surface area contributed by atoms with Crippen LogP contribution in [-0.4, -0.2) is 84.5 Å². The summed E-state index contributed by atoms with van der Waals surface area (Å²) in [5, 5.41) is 13.8. The average Bonchev–Trinajstić information content (AvgIpc) is 3.50. The van der Waals surface area contributed by atoms with Gasteiger partial charge in [-0.3, -0.25) is 4.90 Å². The smallest absolute Gasteiger partial charge is 0.142 e. The first-order valence-corrected chi connectivity index (χ1v) is 12.6. The molecule has 3 aliphatic rings. The molecule has 1 aromatic carbocycles. The lowest BCUT2D eigenvalue weighted by molar-refractivity contribution is -0.0329. The van der Waals surface area contributed by atoms with Crippen LogP contribution < -0.4 is 9.80 Å². The van der Waals surface area contributed by atoms with Crippen LogP contribution in [0.5, 0.6) is 0 Å². The molecule has 35 heavy (non-hydrogen) atoms. The van der Waals surface area contributed by atoms with Crippen LogP contribution in [0.15, 0.2) is 42.6 Å². The van der Waals surface area contributed by atoms with Gasteiger partial charge in [-0.2, -0.15) is 10.4 Å². The SMILES string of the molecule is C[C@@H]1CN(c2ccc(C#N)n3nccc23)C[C@H](CN2Cc3ccc(N4CCN(C)CC4)cc3C2)O1. The number of benzene rings is 1. The highest BCUT2D eigenvalue weighted by atomic mass is 16.5. The Hall–Kier alpha value is -3.12. The van der Waals surface area contributed by atoms with Gasteiger partial charge in [0, 0.05) is 64.6 Å². The van der Waals surface area contributed by atoms with Crippen molar-refractivity contribution in [3.8, 4) is 6.07 Å². The summed E-state index contributed by atoms with van der Waals surface area (Å²) in [7, 11) is 2.20. The maximum atomic E-state index is 9.42. The number of piperazine rings is 1. The predicted octanol–water partition coefficient (Wildman–Crippen LogP) is 2.57. The van der Waals surface area contributed by atoms with Crippen molar-refractivity contribution in [2.45, 2.75) is 32.2 Å². The van der Waals surface area contributed by atoms with E-state index >= 15 is 0 Å². The number of rotatable bonds is 4. The second-order valence-electron chi connectivity index (χ2n) is 10.2. The first kappa shape index (κ1) is 22.4. The van der Waals surface area contributed by atoms with E-state index in [1.165, 1.54) is 16.8 Å². The largest absolute Gasteiger partial charge is 0.370 e. The topological polar surface area (TPSA) is 63.3 Å². The molecule has 0 saturated carbocycles. The second kappa shape index (κ2) is 9.15. The minimum atomic E-state index is 0.128. The summed E-state index contributed by atoms with van der Waals surface area (Å²) in [6.45, 7) is 11.1. The van der Waals surface area contributed by atoms with Crippen molar-refractivity contribution < 1.29 is 4.74 Å². The van der Waals surface area contributed by atoms with E-state index in [2.05, 4.69) is 69.0 Å². The quantitative estimate of drug-likeness (QED) is 0.580. The fraction of sp³-hybridized carbons (Fsp3) is 0.481. The van der Waals surface area contributed by atoms with Crippen LogP contribution in [0.1, 0.15) is 23.7 Å². The summed E-state index contributed by atoms with van der Waals surface area (Å²) in [4.78, 5) is 9.83. The Balaban J connectivity index is 1.14. The zero-order chi connectivity index (χ0) is 23.9. The van der Waals surface area contributed by atoms with E-state index in [1.54, 1.807) is 10.7 Å². The number of ether oxygens (including phenoxy) is 1. The Bertz CT molecular complexity index is 1260. The van der Waals surface area contributed by atoms with E-state index in [4.69, 9.17) is 4.74 Å². The molecular formula is C27H33N7O. The van der Waals surface area contributed by atoms with Gasteiger partial charge in [0.1, 0.15) is 11.8 Å². The molecule has 0 spiro atoms. The van der Waals surface area contributed by atoms with Gasteiger partial charge in [-0.05, 0) is 55.4 Å². The highest BCUT2D eigenvalue weighted by molar-refractivity contribution is 5.74. The summed E-state index contributed by atoms with van der Waals surface area (Å²) in [5.74, 6) is 0. The Labute approximate surface area is 206 Å². The van der Waals surface area contributed by atoms with Crippen molar-refractivity contribution in [1.82, 2.24) is 19.4 Å². The molecule has 5 heterocycles. The van der Waals surface area contributed by atoms with Crippen molar-refractivity contribution in [2.75, 3.05) is 62.7 Å². The number of nitriles is 1. The van der Waals surface area contributed by atoms with Gasteiger partial charge < -0.3 is 19.4 Å². The predicted molar refractivity (Wildman–Crippen MR) is 137 cm³/mol. The number of nitrogens with zero attached hydrogens (tertiary/aromatic N) is 7. The van der Waals surface area contributed by atoms with Gasteiger partial charge in [0.25, 0.3) is 0 Å². The summed E-state index contributed by atoms with van der Waals surface area (Å²) >= 11 is 0. The van der Waals surface area contributed by atoms with Crippen LogP contribution in [0.3, 0.4) is 0 Å². The molecule has 0 unspecified atom stereocenters. The van der Waals surface area contributed by atoms with E-state index in [-0.39, 0.29) is 12.2 Å². The minimum absolute atomic E-state index is 0.128. The monoisotopic (exact) mass is 471 g/mol. The molecule has 0 N–H and O–H groups in total. The molecular weight excluding hydrogens is 438 g/mol. The lowest BCUT2D eigenvalue weighted by Gasteiger charge is -2.39. The first-order valence-electron chi connectivity index (χ1n) is 12.6. The van der Waals surface area contributed by atoms with Gasteiger partial charge >= 0.3 is 0 Å². The fourth-order valence-electron chi connectivity index (χ4n) is 5.83. The Kier molecular flexibility index (Phi) is 5.85. The number of anilines is 2. The number of hydrogen-bond acceptors (Lipinski definition) is 7. The van der Waals surface area contributed by atoms with E-state index in [0.717, 1.165) is 70.1 Å². The molecule has 3 aromatic rings. The normalized spacial score (nSPS) is 23.6. The van der Waals surface area contributed by atoms with Crippen LogP contribution >= 0.6 is 0 Å². The van der Waals surface area contributed by atoms with Gasteiger partial charge in [-0.1, -0.05) is 6.07 Å². The van der Waals surface area contributed by atoms with Gasteiger partial charge in [-0.25, -0.2) is 4.52 Å². The van der Waals surface area contributed by atoms with E-state index in [1.807, 2.05) is 12.1 Å². The van der Waals surface area contributed by atoms with Crippen molar-refractivity contribution in [2.24, 2.45) is 0 Å². The maximum Gasteiger partial charge on any atom is 0.142 e. The van der Waals surface area contributed by atoms with Gasteiger partial charge in [0.05, 0.1) is 29.6 Å². The average molecular weight is 472 g/mol. The number of fused-ring (bicyclic) bond motifs is 2. The van der Waals surface area contributed by atoms with E-state index in [9.17, 15) is 5.26 Å². The molecule has 0 radical (unpaired) electrons. The number of likely N-dealkylation sites (N-methyl/N-ethyl adjacent to an activating group) is 1. The van der Waals surface area contributed by atoms with E-state index < -0.39 is 0 Å². The van der Waals surface area contributed by atoms with Gasteiger partial charge in [0.2, 0.25) is 0 Å². The van der Waals surface area contributed by atoms with Crippen LogP contribution in [0.25, 0.3) is 5.52 Å². The standard InChI is InChI=1S/C27H33N7O/c1-20-15-33(26-6-5-24(14-28)34-27(26)7-8-29-34)19-25(35-20)18-31-16-21-3-4-23(13-22(21)17-31)32-11-9-30(2)10-12-32/h3-8,13,20,25H,9-12,15-19H2,1-2H3/t20-,25+/m1/s1. The number of pyridine rings is 1. The molecule has 0 bridgehead atoms. The summed E-state index contributed by atoms with van der Waals surface area (Å²) in [5.41, 5.74) is 6.90. The zero-order valence-corrected chi connectivity index (χ0v) is 20.6. The number of morpholine rings is 1. The third-order valence-electron chi connectivity index (χ3n) is 7.62. The van der Waals surface area contributed by atoms with Crippen LogP contribution in [0, 0.1) is 11.3 Å². The third kappa shape index (κ3) is 4.36. The lowest BCUT2D eigenvalue weighted by atomic mass is 10.1. The second-order valence-corrected chi connectivity index (χ2v) is 10.2. The molecule has 8 nitrogen and oxygen atoms in total. The maximum absolute atomic E-state index is 9.42. The fourth-order valence-corrected chi connectivity index (χ4v) is 5.83.